The van der Waals surface area contributed by atoms with E-state index in [9.17, 15) is 9.59 Å². The third-order valence-corrected chi connectivity index (χ3v) is 5.66. The van der Waals surface area contributed by atoms with Crippen LogP contribution >= 0.6 is 0 Å². The highest BCUT2D eigenvalue weighted by Gasteiger charge is 2.14. The standard InChI is InChI=1S/C30H28N2O5/c1-35-25-15-13-24(14-16-25)31-29(33)20-37-27-17-12-23(19-28(27)36-2)30(34)32-26-11-7-6-10-22(26)18-21-8-4-3-5-9-21/h3-17,19H,18,20H2,1-2H3,(H,31,33)(H,32,34). The maximum Gasteiger partial charge on any atom is 0.262 e. The Balaban J connectivity index is 1.39. The molecule has 0 atom stereocenters. The molecule has 0 saturated carbocycles. The van der Waals surface area contributed by atoms with Gasteiger partial charge in [-0.05, 0) is 66.1 Å². The van der Waals surface area contributed by atoms with E-state index in [2.05, 4.69) is 22.8 Å². The molecule has 0 fully saturated rings. The molecule has 4 aromatic rings. The summed E-state index contributed by atoms with van der Waals surface area (Å²) in [6.07, 6.45) is 0.700. The third-order valence-electron chi connectivity index (χ3n) is 5.66. The molecule has 7 nitrogen and oxygen atoms in total. The van der Waals surface area contributed by atoms with E-state index in [0.29, 0.717) is 34.9 Å². The fourth-order valence-corrected chi connectivity index (χ4v) is 3.75. The highest BCUT2D eigenvalue weighted by atomic mass is 16.5. The molecule has 0 aliphatic heterocycles. The number of amides is 2. The van der Waals surface area contributed by atoms with Crippen molar-refractivity contribution in [2.45, 2.75) is 6.42 Å². The predicted molar refractivity (Wildman–Crippen MR) is 144 cm³/mol. The lowest BCUT2D eigenvalue weighted by Gasteiger charge is -2.14. The smallest absolute Gasteiger partial charge is 0.262 e. The minimum atomic E-state index is -0.330. The van der Waals surface area contributed by atoms with Crippen LogP contribution in [0.2, 0.25) is 0 Å². The van der Waals surface area contributed by atoms with Crippen molar-refractivity contribution in [3.63, 3.8) is 0 Å². The Morgan fingerprint density at radius 2 is 1.46 bits per heavy atom. The van der Waals surface area contributed by atoms with Gasteiger partial charge in [0.25, 0.3) is 11.8 Å². The van der Waals surface area contributed by atoms with Crippen molar-refractivity contribution in [2.24, 2.45) is 0 Å². The molecular weight excluding hydrogens is 468 g/mol. The molecule has 0 heterocycles. The Hall–Kier alpha value is -4.78. The number of para-hydroxylation sites is 1. The topological polar surface area (TPSA) is 85.9 Å². The summed E-state index contributed by atoms with van der Waals surface area (Å²) in [4.78, 5) is 25.3. The zero-order chi connectivity index (χ0) is 26.0. The first-order chi connectivity index (χ1) is 18.1. The number of nitrogens with one attached hydrogen (secondary N) is 2. The van der Waals surface area contributed by atoms with E-state index in [1.807, 2.05) is 42.5 Å². The van der Waals surface area contributed by atoms with Crippen LogP contribution < -0.4 is 24.8 Å². The summed E-state index contributed by atoms with van der Waals surface area (Å²) in [5.74, 6) is 0.797. The van der Waals surface area contributed by atoms with Gasteiger partial charge >= 0.3 is 0 Å². The van der Waals surface area contributed by atoms with E-state index in [0.717, 1.165) is 16.8 Å². The normalized spacial score (nSPS) is 10.3. The highest BCUT2D eigenvalue weighted by Crippen LogP contribution is 2.29. The third kappa shape index (κ3) is 6.89. The summed E-state index contributed by atoms with van der Waals surface area (Å²) < 4.78 is 16.2. The molecule has 0 aliphatic rings. The lowest BCUT2D eigenvalue weighted by Crippen LogP contribution is -2.20. The van der Waals surface area contributed by atoms with E-state index in [4.69, 9.17) is 14.2 Å². The van der Waals surface area contributed by atoms with Gasteiger partial charge < -0.3 is 24.8 Å². The van der Waals surface area contributed by atoms with Gasteiger partial charge in [0, 0.05) is 16.9 Å². The second-order valence-electron chi connectivity index (χ2n) is 8.20. The van der Waals surface area contributed by atoms with E-state index in [1.54, 1.807) is 49.6 Å². The van der Waals surface area contributed by atoms with Crippen molar-refractivity contribution < 1.29 is 23.8 Å². The monoisotopic (exact) mass is 496 g/mol. The predicted octanol–water partition coefficient (Wildman–Crippen LogP) is 5.56. The van der Waals surface area contributed by atoms with Gasteiger partial charge in [-0.2, -0.15) is 0 Å². The molecule has 0 aromatic heterocycles. The van der Waals surface area contributed by atoms with Crippen LogP contribution in [0.15, 0.2) is 97.1 Å². The zero-order valence-corrected chi connectivity index (χ0v) is 20.7. The van der Waals surface area contributed by atoms with Gasteiger partial charge in [-0.15, -0.1) is 0 Å². The summed E-state index contributed by atoms with van der Waals surface area (Å²) in [5.41, 5.74) is 3.94. The lowest BCUT2D eigenvalue weighted by molar-refractivity contribution is -0.118. The molecular formula is C30H28N2O5. The van der Waals surface area contributed by atoms with Gasteiger partial charge in [-0.1, -0.05) is 48.5 Å². The van der Waals surface area contributed by atoms with Crippen molar-refractivity contribution in [1.29, 1.82) is 0 Å². The molecule has 2 amide bonds. The Morgan fingerprint density at radius 3 is 2.19 bits per heavy atom. The molecule has 188 valence electrons. The van der Waals surface area contributed by atoms with Gasteiger partial charge in [0.1, 0.15) is 5.75 Å². The molecule has 4 aromatic carbocycles. The van der Waals surface area contributed by atoms with Crippen LogP contribution in [0.5, 0.6) is 17.2 Å². The second kappa shape index (κ2) is 12.3. The van der Waals surface area contributed by atoms with Gasteiger partial charge in [0.05, 0.1) is 14.2 Å². The molecule has 7 heteroatoms. The minimum Gasteiger partial charge on any atom is -0.497 e. The number of methoxy groups -OCH3 is 2. The van der Waals surface area contributed by atoms with Crippen LogP contribution in [0.25, 0.3) is 0 Å². The van der Waals surface area contributed by atoms with Crippen molar-refractivity contribution in [2.75, 3.05) is 31.5 Å². The van der Waals surface area contributed by atoms with Crippen LogP contribution in [-0.2, 0) is 11.2 Å². The van der Waals surface area contributed by atoms with Gasteiger partial charge in [0.15, 0.2) is 18.1 Å². The molecule has 0 spiro atoms. The number of carbonyl (C=O) groups excluding carboxylic acids is 2. The van der Waals surface area contributed by atoms with Crippen molar-refractivity contribution in [3.05, 3.63) is 114 Å². The van der Waals surface area contributed by atoms with Crippen molar-refractivity contribution in [1.82, 2.24) is 0 Å². The fraction of sp³-hybridized carbons (Fsp3) is 0.133. The molecule has 37 heavy (non-hydrogen) atoms. The van der Waals surface area contributed by atoms with Crippen molar-refractivity contribution >= 4 is 23.2 Å². The summed E-state index contributed by atoms with van der Waals surface area (Å²) in [5, 5.41) is 5.75. The van der Waals surface area contributed by atoms with Gasteiger partial charge in [-0.25, -0.2) is 0 Å². The second-order valence-corrected chi connectivity index (χ2v) is 8.20. The van der Waals surface area contributed by atoms with Gasteiger partial charge in [0.2, 0.25) is 0 Å². The average molecular weight is 497 g/mol. The first-order valence-electron chi connectivity index (χ1n) is 11.7. The fourth-order valence-electron chi connectivity index (χ4n) is 3.75. The van der Waals surface area contributed by atoms with E-state index in [-0.39, 0.29) is 18.4 Å². The molecule has 2 N–H and O–H groups in total. The quantitative estimate of drug-likeness (QED) is 0.300. The first kappa shape index (κ1) is 25.3. The number of hydrogen-bond acceptors (Lipinski definition) is 5. The van der Waals surface area contributed by atoms with Gasteiger partial charge in [-0.3, -0.25) is 9.59 Å². The van der Waals surface area contributed by atoms with E-state index in [1.165, 1.54) is 7.11 Å². The summed E-state index contributed by atoms with van der Waals surface area (Å²) in [7, 11) is 3.06. The number of anilines is 2. The lowest BCUT2D eigenvalue weighted by atomic mass is 10.0. The summed E-state index contributed by atoms with van der Waals surface area (Å²) in [6, 6.07) is 29.6. The van der Waals surface area contributed by atoms with Crippen molar-refractivity contribution in [3.8, 4) is 17.2 Å². The molecule has 0 bridgehead atoms. The summed E-state index contributed by atoms with van der Waals surface area (Å²) in [6.45, 7) is -0.221. The Kier molecular flexibility index (Phi) is 8.39. The van der Waals surface area contributed by atoms with Crippen LogP contribution in [-0.4, -0.2) is 32.6 Å². The maximum absolute atomic E-state index is 13.0. The number of benzene rings is 4. The molecule has 0 unspecified atom stereocenters. The Labute approximate surface area is 216 Å². The number of ether oxygens (including phenoxy) is 3. The largest absolute Gasteiger partial charge is 0.497 e. The zero-order valence-electron chi connectivity index (χ0n) is 20.7. The number of carbonyl (C=O) groups is 2. The maximum atomic E-state index is 13.0. The highest BCUT2D eigenvalue weighted by molar-refractivity contribution is 6.05. The Bertz CT molecular complexity index is 1350. The van der Waals surface area contributed by atoms with E-state index < -0.39 is 0 Å². The SMILES string of the molecule is COc1ccc(NC(=O)COc2ccc(C(=O)Nc3ccccc3Cc3ccccc3)cc2OC)cc1. The molecule has 0 saturated heterocycles. The average Bonchev–Trinajstić information content (AvgIpc) is 2.94. The van der Waals surface area contributed by atoms with Crippen LogP contribution in [0.4, 0.5) is 11.4 Å². The van der Waals surface area contributed by atoms with Crippen LogP contribution in [0.3, 0.4) is 0 Å². The van der Waals surface area contributed by atoms with E-state index >= 15 is 0 Å². The summed E-state index contributed by atoms with van der Waals surface area (Å²) >= 11 is 0. The molecule has 0 radical (unpaired) electrons. The Morgan fingerprint density at radius 1 is 0.730 bits per heavy atom. The molecule has 4 rings (SSSR count). The number of rotatable bonds is 10. The first-order valence-corrected chi connectivity index (χ1v) is 11.7. The number of hydrogen-bond donors (Lipinski definition) is 2. The minimum absolute atomic E-state index is 0.221. The van der Waals surface area contributed by atoms with Crippen LogP contribution in [0.1, 0.15) is 21.5 Å². The van der Waals surface area contributed by atoms with Crippen LogP contribution in [0, 0.1) is 0 Å². The molecule has 0 aliphatic carbocycles.